The van der Waals surface area contributed by atoms with Gasteiger partial charge in [0.05, 0.1) is 11.5 Å². The fourth-order valence-corrected chi connectivity index (χ4v) is 2.22. The van der Waals surface area contributed by atoms with Gasteiger partial charge in [0, 0.05) is 10.0 Å². The van der Waals surface area contributed by atoms with Gasteiger partial charge in [-0.05, 0) is 44.9 Å². The van der Waals surface area contributed by atoms with Crippen LogP contribution in [0.2, 0.25) is 0 Å². The zero-order valence-corrected chi connectivity index (χ0v) is 10.9. The van der Waals surface area contributed by atoms with Crippen LogP contribution in [0.3, 0.4) is 0 Å². The minimum atomic E-state index is -0.678. The molecular formula is C12H14BrNO. The number of benzene rings is 1. The molecule has 0 bridgehead atoms. The van der Waals surface area contributed by atoms with Gasteiger partial charge in [0.15, 0.2) is 0 Å². The van der Waals surface area contributed by atoms with Crippen molar-refractivity contribution in [3.05, 3.63) is 27.2 Å². The van der Waals surface area contributed by atoms with E-state index in [4.69, 9.17) is 5.26 Å². The number of halogens is 1. The smallest absolute Gasteiger partial charge is 0.123 e. The highest BCUT2D eigenvalue weighted by Crippen LogP contribution is 2.38. The van der Waals surface area contributed by atoms with E-state index in [0.29, 0.717) is 5.56 Å². The van der Waals surface area contributed by atoms with Gasteiger partial charge in [0.2, 0.25) is 0 Å². The van der Waals surface area contributed by atoms with Crippen molar-refractivity contribution in [1.82, 2.24) is 0 Å². The third-order valence-corrected chi connectivity index (χ3v) is 3.41. The Morgan fingerprint density at radius 3 is 2.40 bits per heavy atom. The van der Waals surface area contributed by atoms with Gasteiger partial charge >= 0.3 is 0 Å². The summed E-state index contributed by atoms with van der Waals surface area (Å²) in [7, 11) is 0. The Labute approximate surface area is 98.7 Å². The van der Waals surface area contributed by atoms with Crippen LogP contribution in [0.4, 0.5) is 0 Å². The molecule has 1 aromatic rings. The van der Waals surface area contributed by atoms with Crippen LogP contribution in [-0.2, 0) is 5.41 Å². The van der Waals surface area contributed by atoms with Crippen LogP contribution in [0.5, 0.6) is 5.75 Å². The maximum absolute atomic E-state index is 10.00. The van der Waals surface area contributed by atoms with E-state index < -0.39 is 5.41 Å². The Hall–Kier alpha value is -1.01. The quantitative estimate of drug-likeness (QED) is 0.846. The van der Waals surface area contributed by atoms with Crippen molar-refractivity contribution in [1.29, 1.82) is 5.26 Å². The molecule has 0 aliphatic heterocycles. The Balaban J connectivity index is 3.62. The summed E-state index contributed by atoms with van der Waals surface area (Å²) in [6.45, 7) is 7.34. The van der Waals surface area contributed by atoms with Gasteiger partial charge in [0.1, 0.15) is 5.75 Å². The predicted octanol–water partition coefficient (Wildman–Crippen LogP) is 3.57. The molecule has 1 aromatic carbocycles. The maximum Gasteiger partial charge on any atom is 0.123 e. The third-order valence-electron chi connectivity index (χ3n) is 2.59. The molecule has 0 fully saturated rings. The Kier molecular flexibility index (Phi) is 3.11. The second-order valence-electron chi connectivity index (χ2n) is 4.26. The number of hydrogen-bond donors (Lipinski definition) is 1. The standard InChI is InChI=1S/C12H14BrNO/c1-7-5-9(13)8(2)10(11(7)15)12(3,4)6-14/h5,15H,1-4H3. The molecule has 0 saturated heterocycles. The molecule has 3 heteroatoms. The molecule has 0 aliphatic carbocycles. The number of hydrogen-bond acceptors (Lipinski definition) is 2. The number of aromatic hydroxyl groups is 1. The average Bonchev–Trinajstić information content (AvgIpc) is 2.15. The predicted molar refractivity (Wildman–Crippen MR) is 63.9 cm³/mol. The summed E-state index contributed by atoms with van der Waals surface area (Å²) in [5, 5.41) is 19.1. The molecule has 0 radical (unpaired) electrons. The van der Waals surface area contributed by atoms with E-state index in [2.05, 4.69) is 22.0 Å². The molecule has 0 amide bonds. The van der Waals surface area contributed by atoms with Crippen LogP contribution in [-0.4, -0.2) is 5.11 Å². The van der Waals surface area contributed by atoms with Gasteiger partial charge in [-0.15, -0.1) is 0 Å². The lowest BCUT2D eigenvalue weighted by Gasteiger charge is -2.22. The first kappa shape index (κ1) is 12.1. The van der Waals surface area contributed by atoms with Crippen molar-refractivity contribution in [2.75, 3.05) is 0 Å². The molecule has 80 valence electrons. The molecule has 0 aliphatic rings. The van der Waals surface area contributed by atoms with Gasteiger partial charge in [0.25, 0.3) is 0 Å². The molecule has 0 heterocycles. The second kappa shape index (κ2) is 3.86. The topological polar surface area (TPSA) is 44.0 Å². The van der Waals surface area contributed by atoms with Gasteiger partial charge in [-0.1, -0.05) is 15.9 Å². The van der Waals surface area contributed by atoms with E-state index in [0.717, 1.165) is 15.6 Å². The van der Waals surface area contributed by atoms with Crippen molar-refractivity contribution in [3.63, 3.8) is 0 Å². The molecule has 1 rings (SSSR count). The number of phenolic OH excluding ortho intramolecular Hbond substituents is 1. The summed E-state index contributed by atoms with van der Waals surface area (Å²) in [5.41, 5.74) is 1.73. The molecule has 0 spiro atoms. The van der Waals surface area contributed by atoms with Gasteiger partial charge in [-0.2, -0.15) is 5.26 Å². The molecular weight excluding hydrogens is 254 g/mol. The van der Waals surface area contributed by atoms with E-state index >= 15 is 0 Å². The van der Waals surface area contributed by atoms with E-state index in [-0.39, 0.29) is 5.75 Å². The van der Waals surface area contributed by atoms with Crippen LogP contribution in [0.15, 0.2) is 10.5 Å². The van der Waals surface area contributed by atoms with E-state index in [1.165, 1.54) is 0 Å². The SMILES string of the molecule is Cc1cc(Br)c(C)c(C(C)(C)C#N)c1O. The summed E-state index contributed by atoms with van der Waals surface area (Å²) in [6.07, 6.45) is 0. The number of rotatable bonds is 1. The van der Waals surface area contributed by atoms with Gasteiger partial charge in [-0.25, -0.2) is 0 Å². The third kappa shape index (κ3) is 2.00. The fourth-order valence-electron chi connectivity index (χ4n) is 1.68. The molecule has 0 atom stereocenters. The second-order valence-corrected chi connectivity index (χ2v) is 5.12. The van der Waals surface area contributed by atoms with Crippen LogP contribution in [0.1, 0.15) is 30.5 Å². The van der Waals surface area contributed by atoms with Gasteiger partial charge in [-0.3, -0.25) is 0 Å². The molecule has 1 N–H and O–H groups in total. The zero-order chi connectivity index (χ0) is 11.8. The minimum absolute atomic E-state index is 0.224. The number of nitrogens with zero attached hydrogens (tertiary/aromatic N) is 1. The number of phenols is 1. The lowest BCUT2D eigenvalue weighted by Crippen LogP contribution is -2.16. The zero-order valence-electron chi connectivity index (χ0n) is 9.35. The van der Waals surface area contributed by atoms with E-state index in [9.17, 15) is 5.11 Å². The summed E-state index contributed by atoms with van der Waals surface area (Å²) < 4.78 is 0.927. The summed E-state index contributed by atoms with van der Waals surface area (Å²) >= 11 is 3.43. The first-order valence-corrected chi connectivity index (χ1v) is 5.51. The van der Waals surface area contributed by atoms with Crippen molar-refractivity contribution in [3.8, 4) is 11.8 Å². The lowest BCUT2D eigenvalue weighted by atomic mass is 9.82. The highest BCUT2D eigenvalue weighted by Gasteiger charge is 2.27. The molecule has 0 saturated carbocycles. The first-order valence-electron chi connectivity index (χ1n) is 4.71. The van der Waals surface area contributed by atoms with E-state index in [1.807, 2.05) is 19.9 Å². The summed E-state index contributed by atoms with van der Waals surface area (Å²) in [4.78, 5) is 0. The highest BCUT2D eigenvalue weighted by molar-refractivity contribution is 9.10. The monoisotopic (exact) mass is 267 g/mol. The Morgan fingerprint density at radius 1 is 1.40 bits per heavy atom. The van der Waals surface area contributed by atoms with Crippen molar-refractivity contribution in [2.24, 2.45) is 0 Å². The van der Waals surface area contributed by atoms with E-state index in [1.54, 1.807) is 13.8 Å². The molecule has 15 heavy (non-hydrogen) atoms. The summed E-state index contributed by atoms with van der Waals surface area (Å²) in [5.74, 6) is 0.224. The van der Waals surface area contributed by atoms with Gasteiger partial charge < -0.3 is 5.11 Å². The molecule has 0 unspecified atom stereocenters. The molecule has 2 nitrogen and oxygen atoms in total. The van der Waals surface area contributed by atoms with Crippen molar-refractivity contribution in [2.45, 2.75) is 33.1 Å². The first-order chi connectivity index (χ1) is 6.81. The van der Waals surface area contributed by atoms with Crippen molar-refractivity contribution < 1.29 is 5.11 Å². The van der Waals surface area contributed by atoms with Crippen LogP contribution in [0.25, 0.3) is 0 Å². The van der Waals surface area contributed by atoms with Crippen LogP contribution in [0, 0.1) is 25.2 Å². The maximum atomic E-state index is 10.00. The highest BCUT2D eigenvalue weighted by atomic mass is 79.9. The number of nitriles is 1. The Bertz CT molecular complexity index is 418. The normalized spacial score (nSPS) is 11.2. The largest absolute Gasteiger partial charge is 0.507 e. The van der Waals surface area contributed by atoms with Crippen LogP contribution >= 0.6 is 15.9 Å². The van der Waals surface area contributed by atoms with Crippen LogP contribution < -0.4 is 0 Å². The van der Waals surface area contributed by atoms with Crippen molar-refractivity contribution >= 4 is 15.9 Å². The molecule has 0 aromatic heterocycles. The minimum Gasteiger partial charge on any atom is -0.507 e. The number of aryl methyl sites for hydroxylation is 1. The summed E-state index contributed by atoms with van der Waals surface area (Å²) in [6, 6.07) is 4.08. The fraction of sp³-hybridized carbons (Fsp3) is 0.417. The Morgan fingerprint density at radius 2 is 1.93 bits per heavy atom. The lowest BCUT2D eigenvalue weighted by molar-refractivity contribution is 0.451. The average molecular weight is 268 g/mol.